The van der Waals surface area contributed by atoms with Crippen molar-refractivity contribution in [3.05, 3.63) is 70.8 Å². The highest BCUT2D eigenvalue weighted by molar-refractivity contribution is 5.40. The first-order chi connectivity index (χ1) is 10.2. The van der Waals surface area contributed by atoms with E-state index in [0.717, 1.165) is 11.6 Å². The van der Waals surface area contributed by atoms with Crippen LogP contribution < -0.4 is 5.32 Å². The van der Waals surface area contributed by atoms with E-state index in [1.165, 1.54) is 37.0 Å². The molecule has 110 valence electrons. The molecule has 2 aromatic carbocycles. The zero-order valence-corrected chi connectivity index (χ0v) is 12.1. The van der Waals surface area contributed by atoms with Gasteiger partial charge in [0.25, 0.3) is 0 Å². The molecule has 1 nitrogen and oxygen atoms in total. The quantitative estimate of drug-likeness (QED) is 0.870. The number of halogens is 2. The molecule has 0 amide bonds. The fourth-order valence-electron chi connectivity index (χ4n) is 3.11. The molecule has 0 bridgehead atoms. The molecule has 1 atom stereocenters. The maximum atomic E-state index is 13.5. The van der Waals surface area contributed by atoms with Crippen molar-refractivity contribution < 1.29 is 8.78 Å². The van der Waals surface area contributed by atoms with E-state index < -0.39 is 11.6 Å². The van der Waals surface area contributed by atoms with Crippen LogP contribution in [0.1, 0.15) is 47.9 Å². The first-order valence-corrected chi connectivity index (χ1v) is 7.41. The van der Waals surface area contributed by atoms with Gasteiger partial charge >= 0.3 is 0 Å². The van der Waals surface area contributed by atoms with Gasteiger partial charge in [0.2, 0.25) is 0 Å². The maximum Gasteiger partial charge on any atom is 0.126 e. The van der Waals surface area contributed by atoms with E-state index in [2.05, 4.69) is 17.4 Å². The molecule has 3 heteroatoms. The molecule has 1 saturated carbocycles. The second-order valence-corrected chi connectivity index (χ2v) is 5.68. The molecule has 0 spiro atoms. The Labute approximate surface area is 124 Å². The number of hydrogen-bond donors (Lipinski definition) is 1. The third-order valence-corrected chi connectivity index (χ3v) is 4.36. The molecule has 0 aromatic heterocycles. The molecule has 3 rings (SSSR count). The van der Waals surface area contributed by atoms with Gasteiger partial charge in [-0.1, -0.05) is 30.7 Å². The van der Waals surface area contributed by atoms with E-state index in [-0.39, 0.29) is 6.04 Å². The van der Waals surface area contributed by atoms with E-state index in [4.69, 9.17) is 0 Å². The van der Waals surface area contributed by atoms with Crippen LogP contribution >= 0.6 is 0 Å². The van der Waals surface area contributed by atoms with Gasteiger partial charge in [-0.2, -0.15) is 0 Å². The molecule has 21 heavy (non-hydrogen) atoms. The van der Waals surface area contributed by atoms with E-state index in [0.29, 0.717) is 11.5 Å². The lowest BCUT2D eigenvalue weighted by Crippen LogP contribution is -2.22. The van der Waals surface area contributed by atoms with E-state index in [9.17, 15) is 8.78 Å². The van der Waals surface area contributed by atoms with Gasteiger partial charge in [-0.3, -0.25) is 0 Å². The summed E-state index contributed by atoms with van der Waals surface area (Å²) in [6.45, 7) is 0. The molecule has 2 aromatic rings. The molecule has 0 radical (unpaired) electrons. The zero-order valence-electron chi connectivity index (χ0n) is 12.1. The Morgan fingerprint density at radius 2 is 1.71 bits per heavy atom. The monoisotopic (exact) mass is 287 g/mol. The summed E-state index contributed by atoms with van der Waals surface area (Å²) in [5.74, 6) is -0.492. The van der Waals surface area contributed by atoms with Crippen LogP contribution in [0.2, 0.25) is 0 Å². The second kappa shape index (κ2) is 5.94. The fourth-order valence-corrected chi connectivity index (χ4v) is 3.11. The van der Waals surface area contributed by atoms with Crippen LogP contribution in [-0.4, -0.2) is 7.05 Å². The Morgan fingerprint density at radius 3 is 2.29 bits per heavy atom. The highest BCUT2D eigenvalue weighted by Crippen LogP contribution is 2.40. The molecule has 1 N–H and O–H groups in total. The average molecular weight is 287 g/mol. The van der Waals surface area contributed by atoms with E-state index in [1.807, 2.05) is 19.2 Å². The van der Waals surface area contributed by atoms with Crippen LogP contribution in [0, 0.1) is 11.6 Å². The minimum atomic E-state index is -0.536. The summed E-state index contributed by atoms with van der Waals surface area (Å²) >= 11 is 0. The SMILES string of the molecule is CNC(c1cc(F)cc(F)c1)c1ccccc1C1CCC1. The minimum absolute atomic E-state index is 0.188. The number of hydrogen-bond acceptors (Lipinski definition) is 1. The molecule has 0 heterocycles. The average Bonchev–Trinajstić information content (AvgIpc) is 2.38. The van der Waals surface area contributed by atoms with Crippen molar-refractivity contribution in [2.24, 2.45) is 0 Å². The van der Waals surface area contributed by atoms with E-state index >= 15 is 0 Å². The first kappa shape index (κ1) is 14.2. The van der Waals surface area contributed by atoms with Gasteiger partial charge in [-0.05, 0) is 54.6 Å². The topological polar surface area (TPSA) is 12.0 Å². The molecule has 1 unspecified atom stereocenters. The van der Waals surface area contributed by atoms with Crippen LogP contribution in [0.5, 0.6) is 0 Å². The molecular weight excluding hydrogens is 268 g/mol. The predicted octanol–water partition coefficient (Wildman–Crippen LogP) is 4.54. The van der Waals surface area contributed by atoms with Crippen molar-refractivity contribution in [1.82, 2.24) is 5.32 Å². The summed E-state index contributed by atoms with van der Waals surface area (Å²) in [6.07, 6.45) is 3.66. The number of benzene rings is 2. The van der Waals surface area contributed by atoms with Crippen LogP contribution in [0.15, 0.2) is 42.5 Å². The van der Waals surface area contributed by atoms with Crippen molar-refractivity contribution in [2.45, 2.75) is 31.2 Å². The molecule has 1 fully saturated rings. The van der Waals surface area contributed by atoms with Gasteiger partial charge < -0.3 is 5.32 Å². The lowest BCUT2D eigenvalue weighted by atomic mass is 9.76. The Morgan fingerprint density at radius 1 is 1.05 bits per heavy atom. The zero-order chi connectivity index (χ0) is 14.8. The predicted molar refractivity (Wildman–Crippen MR) is 80.3 cm³/mol. The van der Waals surface area contributed by atoms with Crippen LogP contribution in [-0.2, 0) is 0 Å². The van der Waals surface area contributed by atoms with Gasteiger partial charge in [-0.25, -0.2) is 8.78 Å². The van der Waals surface area contributed by atoms with Crippen molar-refractivity contribution in [3.8, 4) is 0 Å². The summed E-state index contributed by atoms with van der Waals surface area (Å²) in [6, 6.07) is 11.7. The highest BCUT2D eigenvalue weighted by atomic mass is 19.1. The molecule has 0 saturated heterocycles. The lowest BCUT2D eigenvalue weighted by molar-refractivity contribution is 0.415. The highest BCUT2D eigenvalue weighted by Gasteiger charge is 2.25. The lowest BCUT2D eigenvalue weighted by Gasteiger charge is -2.30. The number of nitrogens with one attached hydrogen (secondary N) is 1. The van der Waals surface area contributed by atoms with Crippen molar-refractivity contribution in [3.63, 3.8) is 0 Å². The summed E-state index contributed by atoms with van der Waals surface area (Å²) in [4.78, 5) is 0. The van der Waals surface area contributed by atoms with Gasteiger partial charge in [0.05, 0.1) is 6.04 Å². The van der Waals surface area contributed by atoms with Crippen molar-refractivity contribution in [1.29, 1.82) is 0 Å². The Balaban J connectivity index is 2.03. The molecular formula is C18H19F2N. The van der Waals surface area contributed by atoms with Gasteiger partial charge in [-0.15, -0.1) is 0 Å². The minimum Gasteiger partial charge on any atom is -0.309 e. The van der Waals surface area contributed by atoms with Gasteiger partial charge in [0, 0.05) is 6.07 Å². The van der Waals surface area contributed by atoms with Gasteiger partial charge in [0.15, 0.2) is 0 Å². The first-order valence-electron chi connectivity index (χ1n) is 7.41. The normalized spacial score (nSPS) is 16.5. The van der Waals surface area contributed by atoms with E-state index in [1.54, 1.807) is 0 Å². The second-order valence-electron chi connectivity index (χ2n) is 5.68. The molecule has 1 aliphatic carbocycles. The van der Waals surface area contributed by atoms with Gasteiger partial charge in [0.1, 0.15) is 11.6 Å². The van der Waals surface area contributed by atoms with Crippen LogP contribution in [0.4, 0.5) is 8.78 Å². The third-order valence-electron chi connectivity index (χ3n) is 4.36. The Hall–Kier alpha value is -1.74. The van der Waals surface area contributed by atoms with Crippen molar-refractivity contribution >= 4 is 0 Å². The third kappa shape index (κ3) is 2.84. The van der Waals surface area contributed by atoms with Crippen LogP contribution in [0.3, 0.4) is 0 Å². The van der Waals surface area contributed by atoms with Crippen LogP contribution in [0.25, 0.3) is 0 Å². The Bertz CT molecular complexity index is 615. The Kier molecular flexibility index (Phi) is 4.02. The molecule has 0 aliphatic heterocycles. The standard InChI is InChI=1S/C18H19F2N/c1-21-18(13-9-14(19)11-15(20)10-13)17-8-3-2-7-16(17)12-5-4-6-12/h2-3,7-12,18,21H,4-6H2,1H3. The number of rotatable bonds is 4. The smallest absolute Gasteiger partial charge is 0.126 e. The summed E-state index contributed by atoms with van der Waals surface area (Å²) < 4.78 is 27.0. The van der Waals surface area contributed by atoms with Crippen molar-refractivity contribution in [2.75, 3.05) is 7.05 Å². The largest absolute Gasteiger partial charge is 0.309 e. The summed E-state index contributed by atoms with van der Waals surface area (Å²) in [5, 5.41) is 3.20. The summed E-state index contributed by atoms with van der Waals surface area (Å²) in [5.41, 5.74) is 3.05. The summed E-state index contributed by atoms with van der Waals surface area (Å²) in [7, 11) is 1.82. The fraction of sp³-hybridized carbons (Fsp3) is 0.333. The maximum absolute atomic E-state index is 13.5. The molecule has 1 aliphatic rings.